The molecule has 0 unspecified atom stereocenters. The molecule has 0 saturated heterocycles. The predicted molar refractivity (Wildman–Crippen MR) is 91.8 cm³/mol. The molecule has 0 bridgehead atoms. The topological polar surface area (TPSA) is 55.6 Å². The molecule has 0 aliphatic heterocycles. The Morgan fingerprint density at radius 3 is 2.18 bits per heavy atom. The van der Waals surface area contributed by atoms with Gasteiger partial charge in [-0.15, -0.1) is 12.4 Å². The number of carbonyl (C=O) groups is 1. The molecule has 0 aliphatic carbocycles. The highest BCUT2D eigenvalue weighted by Crippen LogP contribution is 2.15. The first-order chi connectivity index (χ1) is 10.0. The molecule has 0 fully saturated rings. The van der Waals surface area contributed by atoms with E-state index in [-0.39, 0.29) is 18.4 Å². The van der Waals surface area contributed by atoms with Crippen LogP contribution in [0, 0.1) is 0 Å². The fourth-order valence-electron chi connectivity index (χ4n) is 1.86. The summed E-state index contributed by atoms with van der Waals surface area (Å²) in [5.74, 6) is 0.168. The molecule has 2 aromatic carbocycles. The maximum atomic E-state index is 12.0. The minimum atomic E-state index is -0.379. The van der Waals surface area contributed by atoms with Crippen molar-refractivity contribution in [1.82, 2.24) is 4.90 Å². The number of nitrogen functional groups attached to an aromatic ring is 1. The van der Waals surface area contributed by atoms with Crippen LogP contribution in [0.2, 0.25) is 0 Å². The quantitative estimate of drug-likeness (QED) is 0.523. The van der Waals surface area contributed by atoms with Gasteiger partial charge in [-0.3, -0.25) is 0 Å². The number of hydrogen-bond acceptors (Lipinski definition) is 4. The molecule has 2 rings (SSSR count). The van der Waals surface area contributed by atoms with Crippen LogP contribution in [-0.4, -0.2) is 31.5 Å². The van der Waals surface area contributed by atoms with Crippen molar-refractivity contribution in [2.75, 3.05) is 26.4 Å². The summed E-state index contributed by atoms with van der Waals surface area (Å²) in [7, 11) is 4.09. The molecule has 2 N–H and O–H groups in total. The lowest BCUT2D eigenvalue weighted by Crippen LogP contribution is -2.15. The highest BCUT2D eigenvalue weighted by molar-refractivity contribution is 5.91. The third-order valence-corrected chi connectivity index (χ3v) is 3.13. The number of anilines is 1. The predicted octanol–water partition coefficient (Wildman–Crippen LogP) is 3.01. The third-order valence-electron chi connectivity index (χ3n) is 3.13. The summed E-state index contributed by atoms with van der Waals surface area (Å²) >= 11 is 0. The van der Waals surface area contributed by atoms with Crippen molar-refractivity contribution >= 4 is 24.1 Å². The normalized spacial score (nSPS) is 10.1. The fraction of sp³-hybridized carbons (Fsp3) is 0.235. The van der Waals surface area contributed by atoms with Crippen molar-refractivity contribution in [2.45, 2.75) is 6.42 Å². The summed E-state index contributed by atoms with van der Waals surface area (Å²) < 4.78 is 5.33. The molecule has 118 valence electrons. The zero-order chi connectivity index (χ0) is 15.2. The number of rotatable bonds is 5. The van der Waals surface area contributed by atoms with E-state index < -0.39 is 0 Å². The van der Waals surface area contributed by atoms with Gasteiger partial charge in [0.25, 0.3) is 0 Å². The molecule has 5 heteroatoms. The van der Waals surface area contributed by atoms with E-state index in [1.165, 1.54) is 5.56 Å². The molecule has 4 nitrogen and oxygen atoms in total. The van der Waals surface area contributed by atoms with Gasteiger partial charge in [0.05, 0.1) is 5.56 Å². The molecule has 0 spiro atoms. The molecule has 0 radical (unpaired) electrons. The van der Waals surface area contributed by atoms with Gasteiger partial charge >= 0.3 is 5.97 Å². The van der Waals surface area contributed by atoms with E-state index in [1.54, 1.807) is 24.3 Å². The van der Waals surface area contributed by atoms with E-state index >= 15 is 0 Å². The number of carbonyl (C=O) groups excluding carboxylic acids is 1. The van der Waals surface area contributed by atoms with E-state index in [0.717, 1.165) is 13.0 Å². The Labute approximate surface area is 137 Å². The van der Waals surface area contributed by atoms with Crippen molar-refractivity contribution < 1.29 is 9.53 Å². The molecule has 0 atom stereocenters. The molecule has 0 heterocycles. The van der Waals surface area contributed by atoms with Gasteiger partial charge in [-0.2, -0.15) is 0 Å². The highest BCUT2D eigenvalue weighted by Gasteiger charge is 2.08. The summed E-state index contributed by atoms with van der Waals surface area (Å²) in [6.07, 6.45) is 0.971. The summed E-state index contributed by atoms with van der Waals surface area (Å²) in [5, 5.41) is 0. The molecular formula is C17H21ClN2O2. The van der Waals surface area contributed by atoms with Crippen LogP contribution < -0.4 is 10.5 Å². The summed E-state index contributed by atoms with van der Waals surface area (Å²) in [6.45, 7) is 0.991. The maximum absolute atomic E-state index is 12.0. The first kappa shape index (κ1) is 18.0. The number of nitrogens with two attached hydrogens (primary N) is 1. The average Bonchev–Trinajstić information content (AvgIpc) is 2.47. The number of benzene rings is 2. The minimum Gasteiger partial charge on any atom is -0.423 e. The van der Waals surface area contributed by atoms with Crippen LogP contribution in [0.1, 0.15) is 15.9 Å². The van der Waals surface area contributed by atoms with Crippen molar-refractivity contribution in [2.24, 2.45) is 0 Å². The Kier molecular flexibility index (Phi) is 6.89. The largest absolute Gasteiger partial charge is 0.423 e. The Morgan fingerprint density at radius 1 is 1.05 bits per heavy atom. The summed E-state index contributed by atoms with van der Waals surface area (Å²) in [5.41, 5.74) is 7.92. The first-order valence-corrected chi connectivity index (χ1v) is 6.86. The number of esters is 1. The summed E-state index contributed by atoms with van der Waals surface area (Å²) in [6, 6.07) is 14.3. The molecule has 22 heavy (non-hydrogen) atoms. The second-order valence-electron chi connectivity index (χ2n) is 5.21. The van der Waals surface area contributed by atoms with Crippen molar-refractivity contribution in [3.8, 4) is 5.75 Å². The van der Waals surface area contributed by atoms with E-state index in [9.17, 15) is 4.79 Å². The third kappa shape index (κ3) is 5.39. The van der Waals surface area contributed by atoms with Gasteiger partial charge in [0.2, 0.25) is 0 Å². The Bertz CT molecular complexity index is 595. The van der Waals surface area contributed by atoms with Gasteiger partial charge in [0.1, 0.15) is 5.75 Å². The van der Waals surface area contributed by atoms with Crippen molar-refractivity contribution in [1.29, 1.82) is 0 Å². The van der Waals surface area contributed by atoms with E-state index in [2.05, 4.69) is 4.90 Å². The number of ether oxygens (including phenoxy) is 1. The monoisotopic (exact) mass is 320 g/mol. The first-order valence-electron chi connectivity index (χ1n) is 6.86. The lowest BCUT2D eigenvalue weighted by molar-refractivity contribution is 0.0735. The smallest absolute Gasteiger partial charge is 0.343 e. The average molecular weight is 321 g/mol. The SMILES string of the molecule is CN(C)CCc1ccc(OC(=O)c2ccc(N)cc2)cc1.Cl. The van der Waals surface area contributed by atoms with Crippen LogP contribution in [-0.2, 0) is 6.42 Å². The standard InChI is InChI=1S/C17H20N2O2.ClH/c1-19(2)12-11-13-3-9-16(10-4-13)21-17(20)14-5-7-15(18)8-6-14;/h3-10H,11-12,18H2,1-2H3;1H. The molecule has 2 aromatic rings. The minimum absolute atomic E-state index is 0. The van der Waals surface area contributed by atoms with Crippen molar-refractivity contribution in [3.05, 3.63) is 59.7 Å². The number of likely N-dealkylation sites (N-methyl/N-ethyl adjacent to an activating group) is 1. The fourth-order valence-corrected chi connectivity index (χ4v) is 1.86. The number of hydrogen-bond donors (Lipinski definition) is 1. The van der Waals surface area contributed by atoms with Crippen LogP contribution in [0.4, 0.5) is 5.69 Å². The van der Waals surface area contributed by atoms with Crippen LogP contribution in [0.15, 0.2) is 48.5 Å². The molecule has 0 amide bonds. The lowest BCUT2D eigenvalue weighted by atomic mass is 10.1. The van der Waals surface area contributed by atoms with E-state index in [1.807, 2.05) is 38.4 Å². The second-order valence-corrected chi connectivity index (χ2v) is 5.21. The van der Waals surface area contributed by atoms with Crippen LogP contribution in [0.3, 0.4) is 0 Å². The van der Waals surface area contributed by atoms with Crippen LogP contribution in [0.5, 0.6) is 5.75 Å². The number of halogens is 1. The molecule has 0 aliphatic rings. The van der Waals surface area contributed by atoms with Gasteiger partial charge in [-0.1, -0.05) is 12.1 Å². The van der Waals surface area contributed by atoms with E-state index in [4.69, 9.17) is 10.5 Å². The Morgan fingerprint density at radius 2 is 1.64 bits per heavy atom. The van der Waals surface area contributed by atoms with Crippen LogP contribution >= 0.6 is 12.4 Å². The zero-order valence-corrected chi connectivity index (χ0v) is 13.6. The number of nitrogens with zero attached hydrogens (tertiary/aromatic N) is 1. The lowest BCUT2D eigenvalue weighted by Gasteiger charge is -2.09. The zero-order valence-electron chi connectivity index (χ0n) is 12.8. The van der Waals surface area contributed by atoms with Gasteiger partial charge in [-0.25, -0.2) is 4.79 Å². The molecule has 0 aromatic heterocycles. The second kappa shape index (κ2) is 8.41. The van der Waals surface area contributed by atoms with Gasteiger partial charge in [0, 0.05) is 12.2 Å². The Hall–Kier alpha value is -2.04. The van der Waals surface area contributed by atoms with Gasteiger partial charge in [0.15, 0.2) is 0 Å². The maximum Gasteiger partial charge on any atom is 0.343 e. The van der Waals surface area contributed by atoms with E-state index in [0.29, 0.717) is 17.0 Å². The Balaban J connectivity index is 0.00000242. The summed E-state index contributed by atoms with van der Waals surface area (Å²) in [4.78, 5) is 14.1. The molecule has 0 saturated carbocycles. The highest BCUT2D eigenvalue weighted by atomic mass is 35.5. The van der Waals surface area contributed by atoms with Gasteiger partial charge in [-0.05, 0) is 62.5 Å². The van der Waals surface area contributed by atoms with Crippen LogP contribution in [0.25, 0.3) is 0 Å². The van der Waals surface area contributed by atoms with Gasteiger partial charge < -0.3 is 15.4 Å². The van der Waals surface area contributed by atoms with Crippen molar-refractivity contribution in [3.63, 3.8) is 0 Å². The molecular weight excluding hydrogens is 300 g/mol.